The molecule has 0 radical (unpaired) electrons. The third-order valence-electron chi connectivity index (χ3n) is 5.61. The molecule has 9 heteroatoms. The van der Waals surface area contributed by atoms with Crippen LogP contribution in [0.1, 0.15) is 71.9 Å². The van der Waals surface area contributed by atoms with Crippen molar-refractivity contribution in [1.82, 2.24) is 0 Å². The fraction of sp³-hybridized carbons (Fsp3) is 0.423. The minimum absolute atomic E-state index is 0.0431. The number of benzene rings is 2. The molecular formula is C26H30O9. The highest BCUT2D eigenvalue weighted by Crippen LogP contribution is 2.38. The molecule has 2 aromatic rings. The van der Waals surface area contributed by atoms with Gasteiger partial charge in [0, 0.05) is 18.4 Å². The first-order valence-electron chi connectivity index (χ1n) is 11.6. The third-order valence-corrected chi connectivity index (χ3v) is 5.61. The van der Waals surface area contributed by atoms with Crippen LogP contribution in [0.2, 0.25) is 0 Å². The summed E-state index contributed by atoms with van der Waals surface area (Å²) in [4.78, 5) is 34.9. The fourth-order valence-corrected chi connectivity index (χ4v) is 4.00. The summed E-state index contributed by atoms with van der Waals surface area (Å²) < 4.78 is 22.1. The lowest BCUT2D eigenvalue weighted by atomic mass is 9.99. The Morgan fingerprint density at radius 3 is 2.34 bits per heavy atom. The summed E-state index contributed by atoms with van der Waals surface area (Å²) in [6.07, 6.45) is 0.282. The molecule has 0 aromatic heterocycles. The lowest BCUT2D eigenvalue weighted by Gasteiger charge is -2.27. The predicted octanol–water partition coefficient (Wildman–Crippen LogP) is 4.94. The fourth-order valence-electron chi connectivity index (χ4n) is 4.00. The van der Waals surface area contributed by atoms with Crippen molar-refractivity contribution in [1.29, 1.82) is 0 Å². The van der Waals surface area contributed by atoms with Crippen LogP contribution in [0, 0.1) is 0 Å². The molecule has 188 valence electrons. The number of carbonyl (C=O) groups is 3. The van der Waals surface area contributed by atoms with E-state index >= 15 is 0 Å². The Morgan fingerprint density at radius 1 is 1.03 bits per heavy atom. The molecule has 0 fully saturated rings. The average molecular weight is 487 g/mol. The number of phenolic OH excluding ortho intramolecular Hbond substituents is 1. The topological polar surface area (TPSA) is 129 Å². The number of carbonyl (C=O) groups excluding carboxylic acids is 2. The molecule has 2 aromatic carbocycles. The van der Waals surface area contributed by atoms with Crippen molar-refractivity contribution in [2.24, 2.45) is 0 Å². The van der Waals surface area contributed by atoms with Crippen molar-refractivity contribution < 1.29 is 43.5 Å². The molecule has 1 aliphatic rings. The van der Waals surface area contributed by atoms with Crippen LogP contribution < -0.4 is 14.2 Å². The summed E-state index contributed by atoms with van der Waals surface area (Å²) in [6, 6.07) is 6.74. The van der Waals surface area contributed by atoms with Crippen LogP contribution in [0.4, 0.5) is 4.79 Å². The predicted molar refractivity (Wildman–Crippen MR) is 126 cm³/mol. The second-order valence-corrected chi connectivity index (χ2v) is 8.25. The number of rotatable bonds is 11. The zero-order chi connectivity index (χ0) is 25.5. The smallest absolute Gasteiger partial charge is 0.507 e. The van der Waals surface area contributed by atoms with Crippen molar-refractivity contribution in [2.75, 3.05) is 13.2 Å². The van der Waals surface area contributed by atoms with E-state index in [4.69, 9.17) is 24.1 Å². The van der Waals surface area contributed by atoms with Gasteiger partial charge in [-0.2, -0.15) is 0 Å². The molecule has 0 aliphatic carbocycles. The van der Waals surface area contributed by atoms with Crippen LogP contribution in [0.5, 0.6) is 23.0 Å². The van der Waals surface area contributed by atoms with Crippen molar-refractivity contribution in [3.8, 4) is 23.0 Å². The third kappa shape index (κ3) is 6.23. The summed E-state index contributed by atoms with van der Waals surface area (Å²) in [7, 11) is 0. The van der Waals surface area contributed by atoms with E-state index in [1.807, 2.05) is 6.92 Å². The molecule has 1 unspecified atom stereocenters. The lowest BCUT2D eigenvalue weighted by Crippen LogP contribution is -2.29. The Labute approximate surface area is 203 Å². The quantitative estimate of drug-likeness (QED) is 0.258. The van der Waals surface area contributed by atoms with E-state index in [2.05, 4.69) is 0 Å². The lowest BCUT2D eigenvalue weighted by molar-refractivity contribution is -0.0637. The van der Waals surface area contributed by atoms with Crippen molar-refractivity contribution >= 4 is 17.7 Å². The van der Waals surface area contributed by atoms with Gasteiger partial charge in [-0.05, 0) is 50.5 Å². The highest BCUT2D eigenvalue weighted by atomic mass is 16.8. The minimum atomic E-state index is -1.44. The SMILES string of the molecule is CCCc1c(OCCCOc2ccc3c(c2C(C)=O)OC(OC(=O)O)CC3)ccc(C(C)=O)c1O. The summed E-state index contributed by atoms with van der Waals surface area (Å²) >= 11 is 0. The average Bonchev–Trinajstić information content (AvgIpc) is 2.79. The molecule has 0 saturated heterocycles. The Morgan fingerprint density at radius 2 is 1.71 bits per heavy atom. The number of aryl methyl sites for hydroxylation is 1. The number of hydrogen-bond donors (Lipinski definition) is 2. The molecule has 0 bridgehead atoms. The molecule has 1 atom stereocenters. The van der Waals surface area contributed by atoms with Gasteiger partial charge in [-0.25, -0.2) is 4.79 Å². The van der Waals surface area contributed by atoms with Crippen molar-refractivity contribution in [3.05, 3.63) is 46.5 Å². The van der Waals surface area contributed by atoms with Crippen LogP contribution in [0.3, 0.4) is 0 Å². The number of hydrogen-bond acceptors (Lipinski definition) is 8. The molecule has 1 heterocycles. The van der Waals surface area contributed by atoms with Crippen LogP contribution in [-0.4, -0.2) is 47.4 Å². The number of ketones is 2. The number of ether oxygens (including phenoxy) is 4. The molecular weight excluding hydrogens is 456 g/mol. The van der Waals surface area contributed by atoms with E-state index in [-0.39, 0.29) is 40.8 Å². The summed E-state index contributed by atoms with van der Waals surface area (Å²) in [5, 5.41) is 19.3. The number of phenols is 1. The van der Waals surface area contributed by atoms with Crippen LogP contribution in [0.25, 0.3) is 0 Å². The van der Waals surface area contributed by atoms with E-state index in [9.17, 15) is 19.5 Å². The van der Waals surface area contributed by atoms with Gasteiger partial charge in [-0.1, -0.05) is 19.4 Å². The number of carboxylic acid groups (broad SMARTS) is 1. The molecule has 0 saturated carbocycles. The summed E-state index contributed by atoms with van der Waals surface area (Å²) in [5.41, 5.74) is 1.90. The van der Waals surface area contributed by atoms with Gasteiger partial charge in [-0.3, -0.25) is 9.59 Å². The number of Topliss-reactive ketones (excluding diaryl/α,β-unsaturated/α-hetero) is 2. The second kappa shape index (κ2) is 11.6. The zero-order valence-electron chi connectivity index (χ0n) is 20.1. The first-order chi connectivity index (χ1) is 16.7. The first-order valence-corrected chi connectivity index (χ1v) is 11.6. The second-order valence-electron chi connectivity index (χ2n) is 8.25. The normalized spacial score (nSPS) is 14.4. The minimum Gasteiger partial charge on any atom is -0.507 e. The van der Waals surface area contributed by atoms with Gasteiger partial charge in [0.15, 0.2) is 11.6 Å². The molecule has 1 aliphatic heterocycles. The highest BCUT2D eigenvalue weighted by Gasteiger charge is 2.28. The number of aromatic hydroxyl groups is 1. The molecule has 3 rings (SSSR count). The van der Waals surface area contributed by atoms with E-state index < -0.39 is 12.4 Å². The Kier molecular flexibility index (Phi) is 8.57. The first kappa shape index (κ1) is 25.9. The van der Waals surface area contributed by atoms with E-state index in [0.717, 1.165) is 12.0 Å². The van der Waals surface area contributed by atoms with Crippen molar-refractivity contribution in [3.63, 3.8) is 0 Å². The van der Waals surface area contributed by atoms with E-state index in [1.54, 1.807) is 24.3 Å². The number of fused-ring (bicyclic) bond motifs is 1. The molecule has 35 heavy (non-hydrogen) atoms. The standard InChI is InChI=1S/C26H30O9/c1-4-6-19-20(11-9-18(15(2)27)24(19)29)32-13-5-14-33-21-10-7-17-8-12-22(35-26(30)31)34-25(17)23(21)16(3)28/h7,9-11,22,29H,4-6,8,12-14H2,1-3H3,(H,30,31). The summed E-state index contributed by atoms with van der Waals surface area (Å²) in [5.74, 6) is 0.616. The van der Waals surface area contributed by atoms with Gasteiger partial charge < -0.3 is 29.2 Å². The monoisotopic (exact) mass is 486 g/mol. The largest absolute Gasteiger partial charge is 0.508 e. The molecule has 0 spiro atoms. The van der Waals surface area contributed by atoms with Gasteiger partial charge in [0.25, 0.3) is 0 Å². The van der Waals surface area contributed by atoms with E-state index in [1.165, 1.54) is 13.8 Å². The Hall–Kier alpha value is -3.75. The van der Waals surface area contributed by atoms with Crippen LogP contribution in [0.15, 0.2) is 24.3 Å². The van der Waals surface area contributed by atoms with Gasteiger partial charge in [-0.15, -0.1) is 0 Å². The maximum absolute atomic E-state index is 12.4. The molecule has 2 N–H and O–H groups in total. The molecule has 0 amide bonds. The van der Waals surface area contributed by atoms with Crippen molar-refractivity contribution in [2.45, 2.75) is 59.2 Å². The van der Waals surface area contributed by atoms with Gasteiger partial charge >= 0.3 is 6.16 Å². The van der Waals surface area contributed by atoms with Crippen LogP contribution in [-0.2, 0) is 17.6 Å². The van der Waals surface area contributed by atoms with E-state index in [0.29, 0.717) is 49.4 Å². The maximum atomic E-state index is 12.4. The maximum Gasteiger partial charge on any atom is 0.508 e. The Bertz CT molecular complexity index is 1110. The summed E-state index contributed by atoms with van der Waals surface area (Å²) in [6.45, 7) is 5.31. The zero-order valence-corrected chi connectivity index (χ0v) is 20.1. The van der Waals surface area contributed by atoms with Gasteiger partial charge in [0.2, 0.25) is 6.29 Å². The highest BCUT2D eigenvalue weighted by molar-refractivity contribution is 6.00. The Balaban J connectivity index is 1.64. The van der Waals surface area contributed by atoms with Gasteiger partial charge in [0.1, 0.15) is 28.6 Å². The van der Waals surface area contributed by atoms with Crippen LogP contribution >= 0.6 is 0 Å². The molecule has 9 nitrogen and oxygen atoms in total. The van der Waals surface area contributed by atoms with Gasteiger partial charge in [0.05, 0.1) is 18.8 Å².